The predicted molar refractivity (Wildman–Crippen MR) is 103 cm³/mol. The van der Waals surface area contributed by atoms with Crippen molar-refractivity contribution in [3.05, 3.63) is 71.3 Å². The van der Waals surface area contributed by atoms with E-state index in [0.717, 1.165) is 24.2 Å². The molecule has 5 nitrogen and oxygen atoms in total. The zero-order chi connectivity index (χ0) is 18.4. The minimum atomic E-state index is 0.0306. The molecule has 0 radical (unpaired) electrons. The van der Waals surface area contributed by atoms with E-state index in [1.54, 1.807) is 7.11 Å². The van der Waals surface area contributed by atoms with Crippen LogP contribution < -0.4 is 11.1 Å². The molecule has 0 bridgehead atoms. The lowest BCUT2D eigenvalue weighted by molar-refractivity contribution is -0.122. The third-order valence-corrected chi connectivity index (χ3v) is 4.83. The first kappa shape index (κ1) is 18.6. The lowest BCUT2D eigenvalue weighted by Gasteiger charge is -2.16. The van der Waals surface area contributed by atoms with Crippen molar-refractivity contribution in [3.63, 3.8) is 0 Å². The Bertz CT molecular complexity index is 720. The Balaban J connectivity index is 1.49. The molecular formula is C21H27N3O2. The maximum absolute atomic E-state index is 12.3. The molecule has 138 valence electrons. The van der Waals surface area contributed by atoms with Crippen molar-refractivity contribution in [2.24, 2.45) is 5.73 Å². The summed E-state index contributed by atoms with van der Waals surface area (Å²) in [5.74, 6) is 0.317. The average molecular weight is 353 g/mol. The molecule has 3 rings (SSSR count). The summed E-state index contributed by atoms with van der Waals surface area (Å²) in [6, 6.07) is 18.4. The summed E-state index contributed by atoms with van der Waals surface area (Å²) in [4.78, 5) is 14.5. The van der Waals surface area contributed by atoms with Gasteiger partial charge in [-0.25, -0.2) is 0 Å². The van der Waals surface area contributed by atoms with Gasteiger partial charge in [0.2, 0.25) is 5.91 Å². The molecular weight excluding hydrogens is 326 g/mol. The van der Waals surface area contributed by atoms with Crippen molar-refractivity contribution < 1.29 is 9.53 Å². The lowest BCUT2D eigenvalue weighted by atomic mass is 9.95. The van der Waals surface area contributed by atoms with Gasteiger partial charge in [0.25, 0.3) is 0 Å². The summed E-state index contributed by atoms with van der Waals surface area (Å²) < 4.78 is 5.15. The van der Waals surface area contributed by atoms with Crippen molar-refractivity contribution in [1.82, 2.24) is 10.2 Å². The van der Waals surface area contributed by atoms with Crippen molar-refractivity contribution in [3.8, 4) is 0 Å². The Labute approximate surface area is 155 Å². The monoisotopic (exact) mass is 353 g/mol. The third-order valence-electron chi connectivity index (χ3n) is 4.83. The maximum Gasteiger partial charge on any atom is 0.234 e. The molecule has 1 aliphatic heterocycles. The normalized spacial score (nSPS) is 20.2. The first-order chi connectivity index (χ1) is 12.7. The molecule has 0 aromatic heterocycles. The minimum absolute atomic E-state index is 0.0306. The Kier molecular flexibility index (Phi) is 6.39. The largest absolute Gasteiger partial charge is 0.380 e. The van der Waals surface area contributed by atoms with Gasteiger partial charge in [-0.3, -0.25) is 9.69 Å². The summed E-state index contributed by atoms with van der Waals surface area (Å²) in [6.07, 6.45) is 0. The molecule has 5 heteroatoms. The number of carbonyl (C=O) groups is 1. The Morgan fingerprint density at radius 3 is 2.69 bits per heavy atom. The fourth-order valence-electron chi connectivity index (χ4n) is 3.55. The number of nitrogens with two attached hydrogens (primary N) is 1. The van der Waals surface area contributed by atoms with E-state index in [1.807, 2.05) is 36.4 Å². The van der Waals surface area contributed by atoms with Crippen LogP contribution in [0.15, 0.2) is 54.6 Å². The molecule has 1 fully saturated rings. The zero-order valence-electron chi connectivity index (χ0n) is 15.2. The van der Waals surface area contributed by atoms with Gasteiger partial charge in [-0.05, 0) is 16.7 Å². The van der Waals surface area contributed by atoms with Crippen LogP contribution >= 0.6 is 0 Å². The van der Waals surface area contributed by atoms with Crippen LogP contribution in [0.3, 0.4) is 0 Å². The van der Waals surface area contributed by atoms with Crippen LogP contribution in [0.2, 0.25) is 0 Å². The number of ether oxygens (including phenoxy) is 1. The molecule has 2 aromatic rings. The van der Waals surface area contributed by atoms with Gasteiger partial charge in [0.15, 0.2) is 0 Å². The molecule has 26 heavy (non-hydrogen) atoms. The van der Waals surface area contributed by atoms with Crippen molar-refractivity contribution in [2.75, 3.05) is 26.7 Å². The third kappa shape index (κ3) is 4.91. The number of nitrogens with zero attached hydrogens (tertiary/aromatic N) is 1. The highest BCUT2D eigenvalue weighted by molar-refractivity contribution is 5.78. The summed E-state index contributed by atoms with van der Waals surface area (Å²) in [5, 5.41) is 3.00. The van der Waals surface area contributed by atoms with Crippen LogP contribution in [0, 0.1) is 0 Å². The van der Waals surface area contributed by atoms with E-state index in [2.05, 4.69) is 28.4 Å². The number of hydrogen-bond donors (Lipinski definition) is 2. The van der Waals surface area contributed by atoms with E-state index in [1.165, 1.54) is 5.56 Å². The smallest absolute Gasteiger partial charge is 0.234 e. The number of amides is 1. The van der Waals surface area contributed by atoms with Gasteiger partial charge < -0.3 is 15.8 Å². The van der Waals surface area contributed by atoms with Crippen LogP contribution in [0.25, 0.3) is 0 Å². The van der Waals surface area contributed by atoms with Crippen LogP contribution in [0.4, 0.5) is 0 Å². The molecule has 3 N–H and O–H groups in total. The number of rotatable bonds is 7. The molecule has 0 unspecified atom stereocenters. The highest BCUT2D eigenvalue weighted by atomic mass is 16.5. The van der Waals surface area contributed by atoms with Crippen LogP contribution in [-0.4, -0.2) is 43.6 Å². The number of carbonyl (C=O) groups excluding carboxylic acids is 1. The second kappa shape index (κ2) is 8.94. The zero-order valence-corrected chi connectivity index (χ0v) is 15.2. The summed E-state index contributed by atoms with van der Waals surface area (Å²) in [6.45, 7) is 3.06. The number of methoxy groups -OCH3 is 1. The SMILES string of the molecule is COCc1cccc(CNC(=O)CN2C[C@@H](N)[C@H](c3ccccc3)C2)c1. The van der Waals surface area contributed by atoms with Gasteiger partial charge in [-0.2, -0.15) is 0 Å². The average Bonchev–Trinajstić information content (AvgIpc) is 3.01. The van der Waals surface area contributed by atoms with Crippen LogP contribution in [0.1, 0.15) is 22.6 Å². The predicted octanol–water partition coefficient (Wildman–Crippen LogP) is 1.88. The van der Waals surface area contributed by atoms with Gasteiger partial charge in [0.05, 0.1) is 13.2 Å². The Hall–Kier alpha value is -2.21. The number of hydrogen-bond acceptors (Lipinski definition) is 4. The van der Waals surface area contributed by atoms with Gasteiger partial charge in [0, 0.05) is 38.7 Å². The molecule has 0 spiro atoms. The van der Waals surface area contributed by atoms with E-state index in [4.69, 9.17) is 10.5 Å². The van der Waals surface area contributed by atoms with E-state index < -0.39 is 0 Å². The van der Waals surface area contributed by atoms with E-state index >= 15 is 0 Å². The molecule has 1 saturated heterocycles. The number of likely N-dealkylation sites (tertiary alicyclic amines) is 1. The summed E-state index contributed by atoms with van der Waals surface area (Å²) >= 11 is 0. The van der Waals surface area contributed by atoms with Gasteiger partial charge >= 0.3 is 0 Å². The number of nitrogens with one attached hydrogen (secondary N) is 1. The summed E-state index contributed by atoms with van der Waals surface area (Å²) in [7, 11) is 1.68. The van der Waals surface area contributed by atoms with E-state index in [-0.39, 0.29) is 17.9 Å². The first-order valence-corrected chi connectivity index (χ1v) is 9.02. The highest BCUT2D eigenvalue weighted by Gasteiger charge is 2.31. The van der Waals surface area contributed by atoms with Crippen molar-refractivity contribution >= 4 is 5.91 Å². The molecule has 0 aliphatic carbocycles. The first-order valence-electron chi connectivity index (χ1n) is 9.02. The molecule has 1 heterocycles. The van der Waals surface area contributed by atoms with Gasteiger partial charge in [-0.15, -0.1) is 0 Å². The minimum Gasteiger partial charge on any atom is -0.380 e. The fourth-order valence-corrected chi connectivity index (χ4v) is 3.55. The highest BCUT2D eigenvalue weighted by Crippen LogP contribution is 2.25. The maximum atomic E-state index is 12.3. The standard InChI is InChI=1S/C21H27N3O2/c1-26-15-17-7-5-6-16(10-17)11-23-21(25)14-24-12-19(20(22)13-24)18-8-3-2-4-9-18/h2-10,19-20H,11-15,22H2,1H3,(H,23,25)/t19-,20+/m0/s1. The molecule has 2 aromatic carbocycles. The van der Waals surface area contributed by atoms with Crippen molar-refractivity contribution in [2.45, 2.75) is 25.1 Å². The molecule has 1 aliphatic rings. The second-order valence-electron chi connectivity index (χ2n) is 6.90. The molecule has 0 saturated carbocycles. The molecule has 1 amide bonds. The van der Waals surface area contributed by atoms with Gasteiger partial charge in [0.1, 0.15) is 0 Å². The van der Waals surface area contributed by atoms with E-state index in [9.17, 15) is 4.79 Å². The van der Waals surface area contributed by atoms with Crippen LogP contribution in [-0.2, 0) is 22.7 Å². The Morgan fingerprint density at radius 2 is 1.92 bits per heavy atom. The number of benzene rings is 2. The second-order valence-corrected chi connectivity index (χ2v) is 6.90. The van der Waals surface area contributed by atoms with E-state index in [0.29, 0.717) is 19.7 Å². The summed E-state index contributed by atoms with van der Waals surface area (Å²) in [5.41, 5.74) is 9.73. The van der Waals surface area contributed by atoms with Crippen LogP contribution in [0.5, 0.6) is 0 Å². The quantitative estimate of drug-likeness (QED) is 0.797. The topological polar surface area (TPSA) is 67.6 Å². The Morgan fingerprint density at radius 1 is 1.15 bits per heavy atom. The fraction of sp³-hybridized carbons (Fsp3) is 0.381. The van der Waals surface area contributed by atoms with Crippen molar-refractivity contribution in [1.29, 1.82) is 0 Å². The van der Waals surface area contributed by atoms with Gasteiger partial charge in [-0.1, -0.05) is 54.6 Å². The lowest BCUT2D eigenvalue weighted by Crippen LogP contribution is -2.37. The molecule has 2 atom stereocenters.